The number of hydrogen-bond donors (Lipinski definition) is 1. The van der Waals surface area contributed by atoms with E-state index in [0.29, 0.717) is 5.75 Å². The van der Waals surface area contributed by atoms with E-state index in [1.807, 2.05) is 42.5 Å². The van der Waals surface area contributed by atoms with Gasteiger partial charge in [0.25, 0.3) is 0 Å². The first-order valence-electron chi connectivity index (χ1n) is 7.22. The molecule has 1 atom stereocenters. The Morgan fingerprint density at radius 1 is 1.14 bits per heavy atom. The zero-order valence-electron chi connectivity index (χ0n) is 12.4. The molecule has 0 amide bonds. The second kappa shape index (κ2) is 5.41. The standard InChI is InChI=1S/C18H20O3/c1-18(2)11-14-9-6-10-16(17(14)21-18)20-12-15(19)13-7-4-3-5-8-13/h3-10,15,19H,11-12H2,1-2H3. The molecule has 110 valence electrons. The minimum atomic E-state index is -0.642. The van der Waals surface area contributed by atoms with Crippen LogP contribution < -0.4 is 9.47 Å². The predicted molar refractivity (Wildman–Crippen MR) is 81.7 cm³/mol. The summed E-state index contributed by atoms with van der Waals surface area (Å²) in [4.78, 5) is 0. The summed E-state index contributed by atoms with van der Waals surface area (Å²) in [6.45, 7) is 4.34. The van der Waals surface area contributed by atoms with E-state index in [-0.39, 0.29) is 12.2 Å². The van der Waals surface area contributed by atoms with Gasteiger partial charge in [0.1, 0.15) is 18.3 Å². The fraction of sp³-hybridized carbons (Fsp3) is 0.333. The first-order chi connectivity index (χ1) is 10.1. The Bertz CT molecular complexity index is 620. The van der Waals surface area contributed by atoms with Crippen molar-refractivity contribution in [1.82, 2.24) is 0 Å². The number of fused-ring (bicyclic) bond motifs is 1. The summed E-state index contributed by atoms with van der Waals surface area (Å²) in [6.07, 6.45) is 0.234. The normalized spacial score (nSPS) is 16.9. The largest absolute Gasteiger partial charge is 0.487 e. The van der Waals surface area contributed by atoms with Crippen molar-refractivity contribution in [3.8, 4) is 11.5 Å². The Balaban J connectivity index is 1.72. The van der Waals surface area contributed by atoms with Crippen LogP contribution in [0.5, 0.6) is 11.5 Å². The molecule has 0 saturated heterocycles. The molecule has 1 N–H and O–H groups in total. The third kappa shape index (κ3) is 3.03. The quantitative estimate of drug-likeness (QED) is 0.933. The average molecular weight is 284 g/mol. The Labute approximate surface area is 125 Å². The van der Waals surface area contributed by atoms with Gasteiger partial charge in [0.2, 0.25) is 0 Å². The minimum Gasteiger partial charge on any atom is -0.487 e. The van der Waals surface area contributed by atoms with Crippen LogP contribution in [0.4, 0.5) is 0 Å². The van der Waals surface area contributed by atoms with Crippen molar-refractivity contribution in [2.75, 3.05) is 6.61 Å². The number of benzene rings is 2. The maximum absolute atomic E-state index is 10.2. The van der Waals surface area contributed by atoms with Gasteiger partial charge in [-0.25, -0.2) is 0 Å². The average Bonchev–Trinajstić information content (AvgIpc) is 2.80. The van der Waals surface area contributed by atoms with Crippen LogP contribution in [-0.2, 0) is 6.42 Å². The molecule has 0 radical (unpaired) electrons. The molecule has 0 saturated carbocycles. The molecule has 3 nitrogen and oxygen atoms in total. The number of aliphatic hydroxyl groups is 1. The third-order valence-electron chi connectivity index (χ3n) is 3.64. The Morgan fingerprint density at radius 3 is 2.67 bits per heavy atom. The van der Waals surface area contributed by atoms with Crippen molar-refractivity contribution in [3.63, 3.8) is 0 Å². The number of ether oxygens (including phenoxy) is 2. The van der Waals surface area contributed by atoms with E-state index in [1.54, 1.807) is 0 Å². The number of rotatable bonds is 4. The van der Waals surface area contributed by atoms with Crippen LogP contribution in [0.1, 0.15) is 31.1 Å². The number of para-hydroxylation sites is 1. The lowest BCUT2D eigenvalue weighted by Gasteiger charge is -2.19. The molecule has 0 aromatic heterocycles. The smallest absolute Gasteiger partial charge is 0.165 e. The molecule has 21 heavy (non-hydrogen) atoms. The van der Waals surface area contributed by atoms with E-state index < -0.39 is 6.10 Å². The number of aliphatic hydroxyl groups excluding tert-OH is 1. The monoisotopic (exact) mass is 284 g/mol. The fourth-order valence-electron chi connectivity index (χ4n) is 2.64. The molecule has 0 aliphatic carbocycles. The van der Waals surface area contributed by atoms with Crippen LogP contribution in [0.15, 0.2) is 48.5 Å². The van der Waals surface area contributed by atoms with Crippen LogP contribution in [0.2, 0.25) is 0 Å². The van der Waals surface area contributed by atoms with Crippen molar-refractivity contribution in [3.05, 3.63) is 59.7 Å². The van der Waals surface area contributed by atoms with Gasteiger partial charge in [-0.2, -0.15) is 0 Å². The van der Waals surface area contributed by atoms with E-state index in [1.165, 1.54) is 0 Å². The highest BCUT2D eigenvalue weighted by Gasteiger charge is 2.32. The molecule has 1 aliphatic heterocycles. The van der Waals surface area contributed by atoms with E-state index in [4.69, 9.17) is 9.47 Å². The van der Waals surface area contributed by atoms with Gasteiger partial charge < -0.3 is 14.6 Å². The fourth-order valence-corrected chi connectivity index (χ4v) is 2.64. The van der Waals surface area contributed by atoms with Gasteiger partial charge >= 0.3 is 0 Å². The predicted octanol–water partition coefficient (Wildman–Crippen LogP) is 3.51. The maximum atomic E-state index is 10.2. The van der Waals surface area contributed by atoms with Crippen molar-refractivity contribution in [1.29, 1.82) is 0 Å². The van der Waals surface area contributed by atoms with Crippen LogP contribution in [-0.4, -0.2) is 17.3 Å². The topological polar surface area (TPSA) is 38.7 Å². The summed E-state index contributed by atoms with van der Waals surface area (Å²) >= 11 is 0. The van der Waals surface area contributed by atoms with Gasteiger partial charge in [-0.15, -0.1) is 0 Å². The molecular weight excluding hydrogens is 264 g/mol. The lowest BCUT2D eigenvalue weighted by molar-refractivity contribution is 0.0982. The lowest BCUT2D eigenvalue weighted by Crippen LogP contribution is -2.24. The Kier molecular flexibility index (Phi) is 3.60. The van der Waals surface area contributed by atoms with Gasteiger partial charge in [-0.3, -0.25) is 0 Å². The molecule has 1 unspecified atom stereocenters. The summed E-state index contributed by atoms with van der Waals surface area (Å²) in [5, 5.41) is 10.2. The van der Waals surface area contributed by atoms with Gasteiger partial charge in [-0.05, 0) is 25.5 Å². The molecule has 0 bridgehead atoms. The third-order valence-corrected chi connectivity index (χ3v) is 3.64. The minimum absolute atomic E-state index is 0.195. The molecular formula is C18H20O3. The molecule has 1 heterocycles. The van der Waals surface area contributed by atoms with E-state index in [9.17, 15) is 5.11 Å². The van der Waals surface area contributed by atoms with Gasteiger partial charge in [0.05, 0.1) is 0 Å². The zero-order valence-corrected chi connectivity index (χ0v) is 12.4. The van der Waals surface area contributed by atoms with Gasteiger partial charge in [-0.1, -0.05) is 42.5 Å². The summed E-state index contributed by atoms with van der Waals surface area (Å²) in [5.74, 6) is 1.51. The highest BCUT2D eigenvalue weighted by molar-refractivity contribution is 5.50. The molecule has 2 aromatic carbocycles. The molecule has 0 fully saturated rings. The van der Waals surface area contributed by atoms with Crippen LogP contribution in [0.3, 0.4) is 0 Å². The van der Waals surface area contributed by atoms with E-state index in [2.05, 4.69) is 19.9 Å². The van der Waals surface area contributed by atoms with Crippen LogP contribution in [0, 0.1) is 0 Å². The van der Waals surface area contributed by atoms with Gasteiger partial charge in [0.15, 0.2) is 11.5 Å². The first kappa shape index (κ1) is 14.0. The molecule has 3 heteroatoms. The Hall–Kier alpha value is -2.00. The summed E-state index contributed by atoms with van der Waals surface area (Å²) in [5.41, 5.74) is 1.82. The van der Waals surface area contributed by atoms with Crippen molar-refractivity contribution < 1.29 is 14.6 Å². The maximum Gasteiger partial charge on any atom is 0.165 e. The molecule has 1 aliphatic rings. The molecule has 2 aromatic rings. The van der Waals surface area contributed by atoms with E-state index >= 15 is 0 Å². The second-order valence-corrected chi connectivity index (χ2v) is 6.02. The SMILES string of the molecule is CC1(C)Cc2cccc(OCC(O)c3ccccc3)c2O1. The second-order valence-electron chi connectivity index (χ2n) is 6.02. The number of hydrogen-bond acceptors (Lipinski definition) is 3. The van der Waals surface area contributed by atoms with Gasteiger partial charge in [0, 0.05) is 12.0 Å². The Morgan fingerprint density at radius 2 is 1.90 bits per heavy atom. The summed E-state index contributed by atoms with van der Waals surface area (Å²) in [6, 6.07) is 15.4. The van der Waals surface area contributed by atoms with Crippen molar-refractivity contribution in [2.45, 2.75) is 32.0 Å². The van der Waals surface area contributed by atoms with E-state index in [0.717, 1.165) is 23.3 Å². The summed E-state index contributed by atoms with van der Waals surface area (Å²) in [7, 11) is 0. The first-order valence-corrected chi connectivity index (χ1v) is 7.22. The highest BCUT2D eigenvalue weighted by Crippen LogP contribution is 2.41. The van der Waals surface area contributed by atoms with Crippen molar-refractivity contribution >= 4 is 0 Å². The summed E-state index contributed by atoms with van der Waals surface area (Å²) < 4.78 is 11.7. The van der Waals surface area contributed by atoms with Crippen LogP contribution >= 0.6 is 0 Å². The molecule has 3 rings (SSSR count). The highest BCUT2D eigenvalue weighted by atomic mass is 16.5. The molecule has 0 spiro atoms. The van der Waals surface area contributed by atoms with Crippen LogP contribution in [0.25, 0.3) is 0 Å². The lowest BCUT2D eigenvalue weighted by atomic mass is 10.0. The van der Waals surface area contributed by atoms with Crippen molar-refractivity contribution in [2.24, 2.45) is 0 Å². The zero-order chi connectivity index (χ0) is 14.9.